The van der Waals surface area contributed by atoms with Gasteiger partial charge in [0.05, 0.1) is 21.3 Å². The van der Waals surface area contributed by atoms with Crippen molar-refractivity contribution in [3.8, 4) is 28.7 Å². The summed E-state index contributed by atoms with van der Waals surface area (Å²) in [5.74, 6) is 4.78. The minimum atomic E-state index is -0.182. The van der Waals surface area contributed by atoms with Gasteiger partial charge in [0.15, 0.2) is 11.5 Å². The maximum atomic E-state index is 6.25. The van der Waals surface area contributed by atoms with Crippen LogP contribution in [0.25, 0.3) is 0 Å². The minimum Gasteiger partial charge on any atom is -0.497 e. The number of benzene rings is 4. The van der Waals surface area contributed by atoms with Crippen LogP contribution < -0.4 is 43.3 Å². The van der Waals surface area contributed by atoms with Crippen molar-refractivity contribution >= 4 is 22.7 Å². The van der Waals surface area contributed by atoms with Gasteiger partial charge in [0, 0.05) is 105 Å². The highest BCUT2D eigenvalue weighted by molar-refractivity contribution is 5.74. The van der Waals surface area contributed by atoms with Gasteiger partial charge in [-0.25, -0.2) is 0 Å². The summed E-state index contributed by atoms with van der Waals surface area (Å²) in [4.78, 5) is 9.99. The van der Waals surface area contributed by atoms with Crippen molar-refractivity contribution in [3.63, 3.8) is 0 Å². The fourth-order valence-corrected chi connectivity index (χ4v) is 9.33. The topological polar surface area (TPSA) is 59.1 Å². The molecule has 0 aliphatic carbocycles. The molecule has 0 bridgehead atoms. The Kier molecular flexibility index (Phi) is 11.2. The van der Waals surface area contributed by atoms with Crippen molar-refractivity contribution < 1.29 is 23.7 Å². The van der Waals surface area contributed by atoms with Crippen LogP contribution in [0.1, 0.15) is 59.7 Å². The van der Waals surface area contributed by atoms with E-state index in [1.807, 2.05) is 24.3 Å². The lowest BCUT2D eigenvalue weighted by molar-refractivity contribution is 0.134. The molecule has 0 amide bonds. The molecule has 2 saturated heterocycles. The number of anilines is 4. The van der Waals surface area contributed by atoms with Crippen LogP contribution in [-0.2, 0) is 12.8 Å². The second-order valence-electron chi connectivity index (χ2n) is 16.5. The molecule has 4 heterocycles. The van der Waals surface area contributed by atoms with E-state index in [1.54, 1.807) is 21.3 Å². The number of piperazine rings is 2. The average molecular weight is 763 g/mol. The average Bonchev–Trinajstić information content (AvgIpc) is 3.77. The van der Waals surface area contributed by atoms with Gasteiger partial charge in [-0.2, -0.15) is 0 Å². The van der Waals surface area contributed by atoms with Gasteiger partial charge in [-0.1, -0.05) is 0 Å². The lowest BCUT2D eigenvalue weighted by Gasteiger charge is -2.39. The number of fused-ring (bicyclic) bond motifs is 2. The van der Waals surface area contributed by atoms with E-state index in [-0.39, 0.29) is 5.60 Å². The van der Waals surface area contributed by atoms with Crippen LogP contribution in [0.15, 0.2) is 48.5 Å². The number of hydrogen-bond acceptors (Lipinski definition) is 9. The van der Waals surface area contributed by atoms with Gasteiger partial charge < -0.3 is 43.3 Å². The maximum Gasteiger partial charge on any atom is 0.166 e. The molecule has 8 rings (SSSR count). The Balaban J connectivity index is 0.000000172. The number of nitrogens with zero attached hydrogens (tertiary/aromatic N) is 4. The van der Waals surface area contributed by atoms with Crippen LogP contribution in [-0.4, -0.2) is 85.4 Å². The van der Waals surface area contributed by atoms with E-state index < -0.39 is 0 Å². The summed E-state index contributed by atoms with van der Waals surface area (Å²) in [5, 5.41) is 0. The molecule has 1 atom stereocenters. The highest BCUT2D eigenvalue weighted by Crippen LogP contribution is 2.50. The van der Waals surface area contributed by atoms with Gasteiger partial charge in [-0.05, 0) is 126 Å². The SMILES string of the molecule is COc1ccc(N2CCN(c3c(C)c(C)c4c(c3C)C[C@H](C)O4)CC2)cc1.COc1ccc(N2CCN(c3c(C)c4c(c(OC)c3C)OC(C)(C)C4)CC2)cc1. The summed E-state index contributed by atoms with van der Waals surface area (Å²) in [6.45, 7) is 25.7. The molecule has 0 aromatic heterocycles. The molecule has 300 valence electrons. The Morgan fingerprint density at radius 3 is 1.45 bits per heavy atom. The van der Waals surface area contributed by atoms with Crippen molar-refractivity contribution in [2.45, 2.75) is 79.9 Å². The number of hydrogen-bond donors (Lipinski definition) is 0. The molecule has 0 radical (unpaired) electrons. The third-order valence-corrected chi connectivity index (χ3v) is 12.4. The zero-order valence-electron chi connectivity index (χ0n) is 35.6. The number of ether oxygens (including phenoxy) is 5. The van der Waals surface area contributed by atoms with Crippen molar-refractivity contribution in [2.24, 2.45) is 0 Å². The smallest absolute Gasteiger partial charge is 0.166 e. The fourth-order valence-electron chi connectivity index (χ4n) is 9.33. The first-order valence-electron chi connectivity index (χ1n) is 20.3. The fraction of sp³-hybridized carbons (Fsp3) is 0.489. The monoisotopic (exact) mass is 762 g/mol. The van der Waals surface area contributed by atoms with E-state index in [4.69, 9.17) is 23.7 Å². The van der Waals surface area contributed by atoms with Gasteiger partial charge in [0.2, 0.25) is 0 Å². The Bertz CT molecular complexity index is 2030. The van der Waals surface area contributed by atoms with Crippen LogP contribution in [0.3, 0.4) is 0 Å². The second-order valence-corrected chi connectivity index (χ2v) is 16.5. The van der Waals surface area contributed by atoms with Gasteiger partial charge in [-0.3, -0.25) is 0 Å². The van der Waals surface area contributed by atoms with Crippen molar-refractivity contribution in [1.29, 1.82) is 0 Å². The van der Waals surface area contributed by atoms with Crippen molar-refractivity contribution in [2.75, 3.05) is 93.3 Å². The van der Waals surface area contributed by atoms with E-state index in [9.17, 15) is 0 Å². The first-order valence-corrected chi connectivity index (χ1v) is 20.3. The first-order chi connectivity index (χ1) is 26.8. The van der Waals surface area contributed by atoms with E-state index in [1.165, 1.54) is 61.7 Å². The highest BCUT2D eigenvalue weighted by atomic mass is 16.5. The molecule has 0 N–H and O–H groups in total. The van der Waals surface area contributed by atoms with E-state index >= 15 is 0 Å². The van der Waals surface area contributed by atoms with Crippen LogP contribution in [0.4, 0.5) is 22.7 Å². The third-order valence-electron chi connectivity index (χ3n) is 12.4. The Labute approximate surface area is 335 Å². The Morgan fingerprint density at radius 1 is 0.536 bits per heavy atom. The zero-order valence-corrected chi connectivity index (χ0v) is 35.6. The van der Waals surface area contributed by atoms with E-state index in [0.29, 0.717) is 6.10 Å². The molecular formula is C47H62N4O5. The molecule has 4 aliphatic heterocycles. The summed E-state index contributed by atoms with van der Waals surface area (Å²) in [7, 11) is 5.16. The molecule has 2 fully saturated rings. The van der Waals surface area contributed by atoms with Gasteiger partial charge in [-0.15, -0.1) is 0 Å². The largest absolute Gasteiger partial charge is 0.497 e. The van der Waals surface area contributed by atoms with Crippen LogP contribution in [0.5, 0.6) is 28.7 Å². The van der Waals surface area contributed by atoms with E-state index in [0.717, 1.165) is 93.9 Å². The molecule has 0 saturated carbocycles. The molecule has 0 unspecified atom stereocenters. The highest BCUT2D eigenvalue weighted by Gasteiger charge is 2.37. The predicted octanol–water partition coefficient (Wildman–Crippen LogP) is 8.63. The lowest BCUT2D eigenvalue weighted by atomic mass is 9.93. The van der Waals surface area contributed by atoms with Crippen molar-refractivity contribution in [3.05, 3.63) is 87.5 Å². The molecule has 0 spiro atoms. The standard InChI is InChI=1S/C24H32N2O3.C23H30N2O2/c1-16-20-15-24(3,4)29-23(20)22(28-6)17(2)21(16)26-13-11-25(12-14-26)18-7-9-19(27-5)10-8-18;1-15-14-21-18(4)22(16(2)17(3)23(21)27-15)25-12-10-24(11-13-25)19-6-8-20(26-5)9-7-19/h7-10H,11-15H2,1-6H3;6-9,15H,10-14H2,1-5H3/t;15-/m.0/s1. The molecule has 4 aromatic rings. The van der Waals surface area contributed by atoms with E-state index in [2.05, 4.69) is 99.3 Å². The van der Waals surface area contributed by atoms with Gasteiger partial charge in [0.1, 0.15) is 29.0 Å². The van der Waals surface area contributed by atoms with Gasteiger partial charge >= 0.3 is 0 Å². The molecule has 56 heavy (non-hydrogen) atoms. The second kappa shape index (κ2) is 15.9. The Morgan fingerprint density at radius 2 is 0.982 bits per heavy atom. The third kappa shape index (κ3) is 7.49. The molecule has 4 aliphatic rings. The summed E-state index contributed by atoms with van der Waals surface area (Å²) < 4.78 is 28.7. The molecular weight excluding hydrogens is 701 g/mol. The predicted molar refractivity (Wildman–Crippen MR) is 230 cm³/mol. The minimum absolute atomic E-state index is 0.182. The maximum absolute atomic E-state index is 6.25. The zero-order chi connectivity index (χ0) is 39.9. The summed E-state index contributed by atoms with van der Waals surface area (Å²) in [6.07, 6.45) is 2.24. The van der Waals surface area contributed by atoms with Crippen LogP contribution in [0, 0.1) is 34.6 Å². The lowest BCUT2D eigenvalue weighted by Crippen LogP contribution is -2.47. The normalized spacial score (nSPS) is 18.4. The quantitative estimate of drug-likeness (QED) is 0.184. The number of rotatable bonds is 7. The Hall–Kier alpha value is -4.92. The summed E-state index contributed by atoms with van der Waals surface area (Å²) in [5.41, 5.74) is 14.4. The molecule has 9 heteroatoms. The van der Waals surface area contributed by atoms with Crippen LogP contribution in [0.2, 0.25) is 0 Å². The molecule has 9 nitrogen and oxygen atoms in total. The summed E-state index contributed by atoms with van der Waals surface area (Å²) in [6, 6.07) is 16.7. The van der Waals surface area contributed by atoms with Gasteiger partial charge in [0.25, 0.3) is 0 Å². The first kappa shape index (κ1) is 39.3. The van der Waals surface area contributed by atoms with Crippen molar-refractivity contribution in [1.82, 2.24) is 0 Å². The van der Waals surface area contributed by atoms with Crippen LogP contribution >= 0.6 is 0 Å². The summed E-state index contributed by atoms with van der Waals surface area (Å²) >= 11 is 0. The molecule has 4 aromatic carbocycles. The number of methoxy groups -OCH3 is 3.